The van der Waals surface area contributed by atoms with Gasteiger partial charge in [0.05, 0.1) is 6.54 Å². The van der Waals surface area contributed by atoms with Crippen LogP contribution in [-0.2, 0) is 11.3 Å². The summed E-state index contributed by atoms with van der Waals surface area (Å²) in [5, 5.41) is 3.04. The fraction of sp³-hybridized carbons (Fsp3) is 0.435. The van der Waals surface area contributed by atoms with Gasteiger partial charge in [0, 0.05) is 12.5 Å². The molecule has 2 aromatic carbocycles. The summed E-state index contributed by atoms with van der Waals surface area (Å²) in [5.74, 6) is 1.18. The minimum atomic E-state index is 0.123. The van der Waals surface area contributed by atoms with E-state index in [1.54, 1.807) is 0 Å². The average Bonchev–Trinajstić information content (AvgIpc) is 2.68. The largest absolute Gasteiger partial charge is 0.491 e. The quantitative estimate of drug-likeness (QED) is 0.760. The fourth-order valence-corrected chi connectivity index (χ4v) is 3.64. The number of nitrogens with one attached hydrogen (secondary N) is 1. The summed E-state index contributed by atoms with van der Waals surface area (Å²) in [5.41, 5.74) is 3.70. The van der Waals surface area contributed by atoms with Crippen LogP contribution in [0.25, 0.3) is 0 Å². The van der Waals surface area contributed by atoms with Crippen LogP contribution >= 0.6 is 0 Å². The van der Waals surface area contributed by atoms with Crippen LogP contribution in [0, 0.1) is 19.8 Å². The van der Waals surface area contributed by atoms with Crippen LogP contribution in [-0.4, -0.2) is 37.0 Å². The normalized spacial score (nSPS) is 15.5. The summed E-state index contributed by atoms with van der Waals surface area (Å²) in [6.07, 6.45) is 1.85. The molecule has 27 heavy (non-hydrogen) atoms. The van der Waals surface area contributed by atoms with Gasteiger partial charge in [-0.25, -0.2) is 0 Å². The summed E-state index contributed by atoms with van der Waals surface area (Å²) in [7, 11) is 0. The number of carbonyl (C=O) groups is 1. The van der Waals surface area contributed by atoms with Gasteiger partial charge < -0.3 is 10.1 Å². The van der Waals surface area contributed by atoms with E-state index in [1.807, 2.05) is 25.1 Å². The highest BCUT2D eigenvalue weighted by atomic mass is 16.5. The molecule has 0 saturated carbocycles. The Morgan fingerprint density at radius 3 is 2.56 bits per heavy atom. The molecule has 2 aromatic rings. The second kappa shape index (κ2) is 9.56. The molecule has 0 unspecified atom stereocenters. The van der Waals surface area contributed by atoms with E-state index in [0.717, 1.165) is 43.8 Å². The van der Waals surface area contributed by atoms with Crippen molar-refractivity contribution in [1.82, 2.24) is 10.2 Å². The molecule has 144 valence electrons. The van der Waals surface area contributed by atoms with Gasteiger partial charge in [-0.3, -0.25) is 9.69 Å². The maximum Gasteiger partial charge on any atom is 0.223 e. The molecule has 1 aliphatic rings. The Morgan fingerprint density at radius 1 is 1.11 bits per heavy atom. The van der Waals surface area contributed by atoms with E-state index in [9.17, 15) is 4.79 Å². The van der Waals surface area contributed by atoms with Crippen LogP contribution in [0.15, 0.2) is 48.5 Å². The number of ether oxygens (including phenoxy) is 1. The number of piperidine rings is 1. The first-order valence-electron chi connectivity index (χ1n) is 9.86. The maximum absolute atomic E-state index is 12.4. The van der Waals surface area contributed by atoms with Crippen molar-refractivity contribution < 1.29 is 9.53 Å². The third kappa shape index (κ3) is 5.83. The second-order valence-electron chi connectivity index (χ2n) is 7.44. The average molecular weight is 367 g/mol. The summed E-state index contributed by atoms with van der Waals surface area (Å²) >= 11 is 0. The molecule has 0 spiro atoms. The van der Waals surface area contributed by atoms with Crippen molar-refractivity contribution in [2.45, 2.75) is 33.2 Å². The summed E-state index contributed by atoms with van der Waals surface area (Å²) in [4.78, 5) is 14.8. The molecule has 1 fully saturated rings. The number of carbonyl (C=O) groups excluding carboxylic acids is 1. The molecule has 4 nitrogen and oxygen atoms in total. The molecule has 1 N–H and O–H groups in total. The Hall–Kier alpha value is -2.33. The van der Waals surface area contributed by atoms with E-state index >= 15 is 0 Å². The number of aryl methyl sites for hydroxylation is 2. The number of amides is 1. The van der Waals surface area contributed by atoms with Gasteiger partial charge in [-0.15, -0.1) is 0 Å². The van der Waals surface area contributed by atoms with Gasteiger partial charge in [0.2, 0.25) is 5.91 Å². The van der Waals surface area contributed by atoms with Gasteiger partial charge in [-0.1, -0.05) is 48.0 Å². The Bertz CT molecular complexity index is 737. The lowest BCUT2D eigenvalue weighted by atomic mass is 9.95. The molecule has 0 atom stereocenters. The number of benzene rings is 2. The minimum absolute atomic E-state index is 0.123. The molecule has 4 heteroatoms. The van der Waals surface area contributed by atoms with Crippen molar-refractivity contribution in [3.63, 3.8) is 0 Å². The Kier molecular flexibility index (Phi) is 6.88. The van der Waals surface area contributed by atoms with Crippen LogP contribution in [0.1, 0.15) is 29.5 Å². The standard InChI is InChI=1S/C23H30N2O2/c1-18-8-9-22(19(2)16-18)27-15-12-24-23(26)21-10-13-25(14-11-21)17-20-6-4-3-5-7-20/h3-9,16,21H,10-15,17H2,1-2H3,(H,24,26). The lowest BCUT2D eigenvalue weighted by Crippen LogP contribution is -2.41. The molecule has 1 heterocycles. The van der Waals surface area contributed by atoms with Crippen LogP contribution < -0.4 is 10.1 Å². The highest BCUT2D eigenvalue weighted by molar-refractivity contribution is 5.78. The van der Waals surface area contributed by atoms with E-state index in [2.05, 4.69) is 47.5 Å². The van der Waals surface area contributed by atoms with Crippen molar-refractivity contribution in [2.75, 3.05) is 26.2 Å². The van der Waals surface area contributed by atoms with Crippen LogP contribution in [0.3, 0.4) is 0 Å². The topological polar surface area (TPSA) is 41.6 Å². The molecule has 0 radical (unpaired) electrons. The predicted octanol–water partition coefficient (Wildman–Crippen LogP) is 3.71. The maximum atomic E-state index is 12.4. The van der Waals surface area contributed by atoms with Gasteiger partial charge in [-0.05, 0) is 57.0 Å². The van der Waals surface area contributed by atoms with Gasteiger partial charge in [-0.2, -0.15) is 0 Å². The zero-order chi connectivity index (χ0) is 19.1. The summed E-state index contributed by atoms with van der Waals surface area (Å²) in [6, 6.07) is 16.7. The molecule has 3 rings (SSSR count). The Morgan fingerprint density at radius 2 is 1.85 bits per heavy atom. The van der Waals surface area contributed by atoms with Gasteiger partial charge in [0.15, 0.2) is 0 Å². The molecule has 0 aliphatic carbocycles. The SMILES string of the molecule is Cc1ccc(OCCNC(=O)C2CCN(Cc3ccccc3)CC2)c(C)c1. The first-order valence-corrected chi connectivity index (χ1v) is 9.86. The van der Waals surface area contributed by atoms with E-state index in [1.165, 1.54) is 11.1 Å². The van der Waals surface area contributed by atoms with E-state index in [0.29, 0.717) is 13.2 Å². The zero-order valence-electron chi connectivity index (χ0n) is 16.4. The van der Waals surface area contributed by atoms with Crippen LogP contribution in [0.2, 0.25) is 0 Å². The molecule has 1 saturated heterocycles. The lowest BCUT2D eigenvalue weighted by molar-refractivity contribution is -0.126. The molecular formula is C23H30N2O2. The molecule has 1 aliphatic heterocycles. The number of likely N-dealkylation sites (tertiary alicyclic amines) is 1. The number of rotatable bonds is 7. The third-order valence-electron chi connectivity index (χ3n) is 5.20. The molecule has 0 aromatic heterocycles. The van der Waals surface area contributed by atoms with Gasteiger partial charge in [0.25, 0.3) is 0 Å². The number of hydrogen-bond acceptors (Lipinski definition) is 3. The van der Waals surface area contributed by atoms with E-state index in [4.69, 9.17) is 4.74 Å². The zero-order valence-corrected chi connectivity index (χ0v) is 16.4. The molecular weight excluding hydrogens is 336 g/mol. The number of nitrogens with zero attached hydrogens (tertiary/aromatic N) is 1. The summed E-state index contributed by atoms with van der Waals surface area (Å²) in [6.45, 7) is 8.10. The van der Waals surface area contributed by atoms with Crippen LogP contribution in [0.5, 0.6) is 5.75 Å². The van der Waals surface area contributed by atoms with Crippen molar-refractivity contribution in [2.24, 2.45) is 5.92 Å². The van der Waals surface area contributed by atoms with Gasteiger partial charge >= 0.3 is 0 Å². The van der Waals surface area contributed by atoms with Crippen molar-refractivity contribution >= 4 is 5.91 Å². The van der Waals surface area contributed by atoms with Crippen molar-refractivity contribution in [3.8, 4) is 5.75 Å². The Balaban J connectivity index is 1.34. The molecule has 0 bridgehead atoms. The minimum Gasteiger partial charge on any atom is -0.491 e. The molecule has 1 amide bonds. The predicted molar refractivity (Wildman–Crippen MR) is 109 cm³/mol. The highest BCUT2D eigenvalue weighted by Gasteiger charge is 2.24. The monoisotopic (exact) mass is 366 g/mol. The van der Waals surface area contributed by atoms with Gasteiger partial charge in [0.1, 0.15) is 12.4 Å². The first-order chi connectivity index (χ1) is 13.1. The Labute approximate surface area is 162 Å². The third-order valence-corrected chi connectivity index (χ3v) is 5.20. The second-order valence-corrected chi connectivity index (χ2v) is 7.44. The van der Waals surface area contributed by atoms with Crippen LogP contribution in [0.4, 0.5) is 0 Å². The van der Waals surface area contributed by atoms with E-state index in [-0.39, 0.29) is 11.8 Å². The van der Waals surface area contributed by atoms with E-state index < -0.39 is 0 Å². The summed E-state index contributed by atoms with van der Waals surface area (Å²) < 4.78 is 5.79. The fourth-order valence-electron chi connectivity index (χ4n) is 3.64. The van der Waals surface area contributed by atoms with Crippen molar-refractivity contribution in [1.29, 1.82) is 0 Å². The first kappa shape index (κ1) is 19.4. The van der Waals surface area contributed by atoms with Crippen molar-refractivity contribution in [3.05, 3.63) is 65.2 Å². The highest BCUT2D eigenvalue weighted by Crippen LogP contribution is 2.20. The smallest absolute Gasteiger partial charge is 0.223 e. The number of hydrogen-bond donors (Lipinski definition) is 1. The lowest BCUT2D eigenvalue weighted by Gasteiger charge is -2.31.